The van der Waals surface area contributed by atoms with E-state index in [-0.39, 0.29) is 42.6 Å². The zero-order valence-electron chi connectivity index (χ0n) is 36.8. The fourth-order valence-corrected chi connectivity index (χ4v) is 7.92. The molecule has 0 saturated heterocycles. The van der Waals surface area contributed by atoms with Gasteiger partial charge in [-0.2, -0.15) is 0 Å². The van der Waals surface area contributed by atoms with Crippen molar-refractivity contribution < 1.29 is 53.5 Å². The molecule has 0 bridgehead atoms. The first-order chi connectivity index (χ1) is 32.4. The van der Waals surface area contributed by atoms with Crippen LogP contribution < -0.4 is 15.8 Å². The van der Waals surface area contributed by atoms with Crippen molar-refractivity contribution in [1.82, 2.24) is 0 Å². The van der Waals surface area contributed by atoms with Gasteiger partial charge in [-0.15, -0.1) is 0 Å². The van der Waals surface area contributed by atoms with Crippen molar-refractivity contribution in [3.05, 3.63) is 177 Å². The summed E-state index contributed by atoms with van der Waals surface area (Å²) >= 11 is 0. The SMILES string of the molecule is C.C.CC(=O)O.CC(=O)O.CN(C)c1ccc2c(-c3ccccc3C(=O)O)c3ccc4cc(=O)ccc4c3oc2c1.O=C(O)c1ccccc1-c1c2ccc(O)cc2oc2c1ccc1cc(=O)ccc12. The molecule has 0 aliphatic rings. The number of benzene rings is 8. The van der Waals surface area contributed by atoms with Crippen LogP contribution in [0.4, 0.5) is 5.69 Å². The second kappa shape index (κ2) is 21.6. The number of carbonyl (C=O) groups is 4. The highest BCUT2D eigenvalue weighted by atomic mass is 16.4. The third kappa shape index (κ3) is 10.8. The summed E-state index contributed by atoms with van der Waals surface area (Å²) in [6, 6.07) is 41.4. The molecule has 0 aliphatic heterocycles. The molecule has 0 unspecified atom stereocenters. The molecule has 2 aromatic heterocycles. The van der Waals surface area contributed by atoms with Gasteiger partial charge in [0.1, 0.15) is 28.1 Å². The topological polar surface area (TPSA) is 233 Å². The number of nitrogens with zero attached hydrogens (tertiary/aromatic N) is 1. The normalized spacial score (nSPS) is 10.4. The molecule has 0 atom stereocenters. The van der Waals surface area contributed by atoms with E-state index in [0.717, 1.165) is 62.8 Å². The van der Waals surface area contributed by atoms with E-state index in [2.05, 4.69) is 0 Å². The maximum absolute atomic E-state index is 12.0. The molecule has 2 heterocycles. The van der Waals surface area contributed by atoms with E-state index in [1.54, 1.807) is 66.7 Å². The number of carboxylic acids is 4. The third-order valence-corrected chi connectivity index (χ3v) is 10.7. The van der Waals surface area contributed by atoms with Crippen LogP contribution >= 0.6 is 0 Å². The van der Waals surface area contributed by atoms with Crippen LogP contribution in [0.1, 0.15) is 49.4 Å². The first-order valence-electron chi connectivity index (χ1n) is 20.7. The number of aromatic carboxylic acids is 2. The fraction of sp³-hybridized carbons (Fsp3) is 0.107. The van der Waals surface area contributed by atoms with Gasteiger partial charge in [0.2, 0.25) is 0 Å². The maximum Gasteiger partial charge on any atom is 0.336 e. The number of hydrogen-bond acceptors (Lipinski definition) is 10. The van der Waals surface area contributed by atoms with E-state index in [1.165, 1.54) is 24.3 Å². The Bertz CT molecular complexity index is 3750. The molecule has 0 aliphatic carbocycles. The maximum atomic E-state index is 12.0. The van der Waals surface area contributed by atoms with Gasteiger partial charge in [-0.05, 0) is 107 Å². The van der Waals surface area contributed by atoms with Crippen LogP contribution in [-0.4, -0.2) is 63.5 Å². The van der Waals surface area contributed by atoms with Crippen LogP contribution in [0.5, 0.6) is 5.75 Å². The molecule has 8 aromatic carbocycles. The highest BCUT2D eigenvalue weighted by molar-refractivity contribution is 6.19. The summed E-state index contributed by atoms with van der Waals surface area (Å²) in [6.45, 7) is 2.17. The van der Waals surface area contributed by atoms with Crippen LogP contribution in [0.2, 0.25) is 0 Å². The van der Waals surface area contributed by atoms with Crippen LogP contribution in [0.3, 0.4) is 0 Å². The third-order valence-electron chi connectivity index (χ3n) is 10.7. The Hall–Kier alpha value is -9.30. The molecular formula is C56H49NO13. The lowest BCUT2D eigenvalue weighted by molar-refractivity contribution is -0.135. The van der Waals surface area contributed by atoms with Crippen LogP contribution in [0, 0.1) is 0 Å². The summed E-state index contributed by atoms with van der Waals surface area (Å²) < 4.78 is 12.5. The van der Waals surface area contributed by atoms with E-state index in [4.69, 9.17) is 28.6 Å². The zero-order valence-corrected chi connectivity index (χ0v) is 36.8. The minimum absolute atomic E-state index is 0. The molecule has 10 aromatic rings. The average Bonchev–Trinajstić information content (AvgIpc) is 3.29. The van der Waals surface area contributed by atoms with Crippen molar-refractivity contribution in [1.29, 1.82) is 0 Å². The number of fused-ring (bicyclic) bond motifs is 8. The standard InChI is InChI=1S/C26H19NO4.C24H14O5.2C2H4O2.2CH4/c1-27(2)16-8-11-21-23(14-16)31-25-18-12-9-17(28)13-15(18)7-10-22(25)24(21)19-5-3-4-6-20(19)26(29)30;25-14-6-9-16-13(11-14)5-8-20-22(17-3-1-2-4-18(17)24(27)28)19-10-7-15(26)12-21(19)29-23(16)20;2*1-2(3)4;;/h3-14H,1-2H3,(H,29,30);1-12,26H,(H,27,28);2*1H3,(H,3,4);2*1H4. The van der Waals surface area contributed by atoms with E-state index < -0.39 is 23.9 Å². The molecule has 70 heavy (non-hydrogen) atoms. The van der Waals surface area contributed by atoms with Crippen molar-refractivity contribution in [2.45, 2.75) is 28.7 Å². The number of carboxylic acid groups (broad SMARTS) is 4. The fourth-order valence-electron chi connectivity index (χ4n) is 7.92. The Morgan fingerprint density at radius 3 is 1.24 bits per heavy atom. The van der Waals surface area contributed by atoms with E-state index in [1.807, 2.05) is 73.6 Å². The number of aliphatic carboxylic acids is 2. The Kier molecular flexibility index (Phi) is 15.9. The molecule has 0 amide bonds. The molecular weight excluding hydrogens is 895 g/mol. The second-order valence-corrected chi connectivity index (χ2v) is 15.6. The van der Waals surface area contributed by atoms with Crippen molar-refractivity contribution in [2.75, 3.05) is 19.0 Å². The molecule has 0 radical (unpaired) electrons. The molecule has 0 fully saturated rings. The van der Waals surface area contributed by atoms with Crippen molar-refractivity contribution >= 4 is 95.0 Å². The zero-order chi connectivity index (χ0) is 49.0. The van der Waals surface area contributed by atoms with Gasteiger partial charge in [0.15, 0.2) is 10.9 Å². The molecule has 14 heteroatoms. The monoisotopic (exact) mass is 943 g/mol. The highest BCUT2D eigenvalue weighted by Gasteiger charge is 2.21. The van der Waals surface area contributed by atoms with Crippen molar-refractivity contribution in [3.8, 4) is 28.0 Å². The minimum Gasteiger partial charge on any atom is -0.508 e. The van der Waals surface area contributed by atoms with Gasteiger partial charge >= 0.3 is 11.9 Å². The first kappa shape index (κ1) is 51.7. The minimum atomic E-state index is -1.03. The van der Waals surface area contributed by atoms with Gasteiger partial charge in [-0.1, -0.05) is 63.4 Å². The van der Waals surface area contributed by atoms with Crippen molar-refractivity contribution in [3.63, 3.8) is 0 Å². The Labute approximate surface area is 400 Å². The largest absolute Gasteiger partial charge is 0.508 e. The summed E-state index contributed by atoms with van der Waals surface area (Å²) in [5, 5.41) is 50.4. The summed E-state index contributed by atoms with van der Waals surface area (Å²) in [7, 11) is 3.90. The van der Waals surface area contributed by atoms with Gasteiger partial charge in [0, 0.05) is 89.2 Å². The smallest absolute Gasteiger partial charge is 0.336 e. The van der Waals surface area contributed by atoms with Crippen LogP contribution in [0.15, 0.2) is 164 Å². The van der Waals surface area contributed by atoms with Gasteiger partial charge < -0.3 is 39.3 Å². The van der Waals surface area contributed by atoms with Gasteiger partial charge in [0.25, 0.3) is 11.9 Å². The molecule has 0 spiro atoms. The van der Waals surface area contributed by atoms with E-state index in [0.29, 0.717) is 44.4 Å². The number of phenols is 1. The summed E-state index contributed by atoms with van der Waals surface area (Å²) in [5.41, 5.74) is 6.08. The van der Waals surface area contributed by atoms with E-state index in [9.17, 15) is 34.5 Å². The number of hydrogen-bond donors (Lipinski definition) is 5. The lowest BCUT2D eigenvalue weighted by Crippen LogP contribution is -2.08. The predicted octanol–water partition coefficient (Wildman–Crippen LogP) is 12.2. The molecule has 5 N–H and O–H groups in total. The number of anilines is 1. The quantitative estimate of drug-likeness (QED) is 0.0798. The van der Waals surface area contributed by atoms with Gasteiger partial charge in [-0.3, -0.25) is 19.2 Å². The highest BCUT2D eigenvalue weighted by Crippen LogP contribution is 2.43. The number of rotatable bonds is 5. The summed E-state index contributed by atoms with van der Waals surface area (Å²) in [5.74, 6) is -3.64. The Morgan fingerprint density at radius 2 is 0.829 bits per heavy atom. The lowest BCUT2D eigenvalue weighted by Gasteiger charge is -2.17. The number of aromatic hydroxyl groups is 1. The Morgan fingerprint density at radius 1 is 0.457 bits per heavy atom. The predicted molar refractivity (Wildman–Crippen MR) is 276 cm³/mol. The summed E-state index contributed by atoms with van der Waals surface area (Å²) in [6.07, 6.45) is 0. The number of phenolic OH excluding ortho intramolecular Hbond substituents is 1. The summed E-state index contributed by atoms with van der Waals surface area (Å²) in [4.78, 5) is 67.5. The van der Waals surface area contributed by atoms with Crippen LogP contribution in [-0.2, 0) is 9.59 Å². The second-order valence-electron chi connectivity index (χ2n) is 15.6. The molecule has 10 rings (SSSR count). The van der Waals surface area contributed by atoms with Gasteiger partial charge in [-0.25, -0.2) is 9.59 Å². The first-order valence-corrected chi connectivity index (χ1v) is 20.7. The molecule has 0 saturated carbocycles. The van der Waals surface area contributed by atoms with Crippen molar-refractivity contribution in [2.24, 2.45) is 0 Å². The van der Waals surface area contributed by atoms with Crippen LogP contribution in [0.25, 0.3) is 87.7 Å². The lowest BCUT2D eigenvalue weighted by atomic mass is 9.92. The Balaban J connectivity index is 0.000000221. The molecule has 14 nitrogen and oxygen atoms in total. The van der Waals surface area contributed by atoms with Gasteiger partial charge in [0.05, 0.1) is 11.1 Å². The molecule has 356 valence electrons. The average molecular weight is 944 g/mol. The van der Waals surface area contributed by atoms with E-state index >= 15 is 0 Å².